The Bertz CT molecular complexity index is 1470. The summed E-state index contributed by atoms with van der Waals surface area (Å²) in [6.07, 6.45) is 2.26. The van der Waals surface area contributed by atoms with Crippen molar-refractivity contribution >= 4 is 5.57 Å². The number of allylic oxidation sites excluding steroid dienone is 1. The van der Waals surface area contributed by atoms with E-state index in [9.17, 15) is 18.0 Å². The molecule has 0 radical (unpaired) electrons. The fourth-order valence-corrected chi connectivity index (χ4v) is 4.19. The summed E-state index contributed by atoms with van der Waals surface area (Å²) >= 11 is 0. The second kappa shape index (κ2) is 8.57. The maximum absolute atomic E-state index is 14.9. The molecule has 0 saturated heterocycles. The fraction of sp³-hybridized carbons (Fsp3) is 0.192. The molecule has 178 valence electrons. The molecule has 0 bridgehead atoms. The molecule has 2 heterocycles. The number of hydrogen-bond acceptors (Lipinski definition) is 4. The van der Waals surface area contributed by atoms with Crippen molar-refractivity contribution in [2.45, 2.75) is 18.8 Å². The summed E-state index contributed by atoms with van der Waals surface area (Å²) in [4.78, 5) is 13.1. The third-order valence-electron chi connectivity index (χ3n) is 6.14. The molecule has 1 saturated carbocycles. The van der Waals surface area contributed by atoms with Crippen LogP contribution in [0, 0.1) is 11.7 Å². The molecule has 2 aromatic heterocycles. The van der Waals surface area contributed by atoms with Crippen LogP contribution in [0.25, 0.3) is 28.3 Å². The Morgan fingerprint density at radius 1 is 1.14 bits per heavy atom. The van der Waals surface area contributed by atoms with Gasteiger partial charge in [0, 0.05) is 12.8 Å². The van der Waals surface area contributed by atoms with Gasteiger partial charge < -0.3 is 4.74 Å². The summed E-state index contributed by atoms with van der Waals surface area (Å²) in [5, 5.41) is 8.72. The highest BCUT2D eigenvalue weighted by Crippen LogP contribution is 2.48. The number of nitrogens with zero attached hydrogens (tertiary/aromatic N) is 4. The molecular weight excluding hydrogens is 457 g/mol. The van der Waals surface area contributed by atoms with Crippen LogP contribution in [0.5, 0.6) is 5.75 Å². The fourth-order valence-electron chi connectivity index (χ4n) is 4.19. The molecule has 2 aromatic carbocycles. The molecule has 0 atom stereocenters. The van der Waals surface area contributed by atoms with E-state index in [1.54, 1.807) is 10.7 Å². The summed E-state index contributed by atoms with van der Waals surface area (Å²) in [6.45, 7) is 3.96. The predicted octanol–water partition coefficient (Wildman–Crippen LogP) is 5.29. The first kappa shape index (κ1) is 22.6. The van der Waals surface area contributed by atoms with Crippen molar-refractivity contribution in [3.8, 4) is 28.5 Å². The van der Waals surface area contributed by atoms with E-state index >= 15 is 0 Å². The molecule has 0 aliphatic heterocycles. The Labute approximate surface area is 198 Å². The number of halogens is 3. The van der Waals surface area contributed by atoms with E-state index in [4.69, 9.17) is 4.74 Å². The van der Waals surface area contributed by atoms with Gasteiger partial charge in [-0.2, -0.15) is 10.2 Å². The van der Waals surface area contributed by atoms with Gasteiger partial charge in [0.15, 0.2) is 11.4 Å². The van der Waals surface area contributed by atoms with Gasteiger partial charge in [-0.25, -0.2) is 22.5 Å². The summed E-state index contributed by atoms with van der Waals surface area (Å²) in [7, 11) is 1.34. The Balaban J connectivity index is 1.61. The zero-order chi connectivity index (χ0) is 24.7. The topological polar surface area (TPSA) is 61.9 Å². The summed E-state index contributed by atoms with van der Waals surface area (Å²) in [5.41, 5.74) is 1.69. The highest BCUT2D eigenvalue weighted by molar-refractivity contribution is 5.68. The Morgan fingerprint density at radius 3 is 2.57 bits per heavy atom. The Kier molecular flexibility index (Phi) is 5.55. The molecular formula is C26H21F3N4O2. The Hall–Kier alpha value is -4.14. The van der Waals surface area contributed by atoms with Crippen molar-refractivity contribution < 1.29 is 17.9 Å². The van der Waals surface area contributed by atoms with E-state index in [0.717, 1.165) is 0 Å². The smallest absolute Gasteiger partial charge is 0.251 e. The molecule has 9 heteroatoms. The van der Waals surface area contributed by atoms with E-state index < -0.39 is 17.2 Å². The minimum Gasteiger partial charge on any atom is -0.491 e. The molecule has 5 rings (SSSR count). The molecule has 1 fully saturated rings. The predicted molar refractivity (Wildman–Crippen MR) is 126 cm³/mol. The quantitative estimate of drug-likeness (QED) is 0.378. The monoisotopic (exact) mass is 478 g/mol. The molecule has 35 heavy (non-hydrogen) atoms. The van der Waals surface area contributed by atoms with Crippen molar-refractivity contribution in [2.24, 2.45) is 5.92 Å². The number of methoxy groups -OCH3 is 1. The highest BCUT2D eigenvalue weighted by Gasteiger charge is 2.46. The lowest BCUT2D eigenvalue weighted by atomic mass is 9.75. The molecule has 0 N–H and O–H groups in total. The van der Waals surface area contributed by atoms with E-state index in [1.165, 1.54) is 42.4 Å². The third kappa shape index (κ3) is 4.14. The standard InChI is InChI=1S/C26H21F3N4O2/c1-16(18-13-26(28,29)14-18)17-8-9-20(27)22(12-17)32-15-23(35-2)25(34)24(31-32)21-10-11-30-33(21)19-6-4-3-5-7-19/h3-12,15,18H,1,13-14H2,2H3. The number of alkyl halides is 2. The largest absolute Gasteiger partial charge is 0.491 e. The van der Waals surface area contributed by atoms with Gasteiger partial charge in [-0.1, -0.05) is 30.8 Å². The summed E-state index contributed by atoms with van der Waals surface area (Å²) in [6, 6.07) is 15.0. The van der Waals surface area contributed by atoms with Crippen molar-refractivity contribution in [1.29, 1.82) is 0 Å². The number of aromatic nitrogens is 4. The van der Waals surface area contributed by atoms with E-state index in [0.29, 0.717) is 22.5 Å². The summed E-state index contributed by atoms with van der Waals surface area (Å²) in [5.74, 6) is -3.73. The minimum atomic E-state index is -2.69. The van der Waals surface area contributed by atoms with Gasteiger partial charge in [-0.15, -0.1) is 0 Å². The van der Waals surface area contributed by atoms with Gasteiger partial charge >= 0.3 is 0 Å². The molecule has 0 amide bonds. The van der Waals surface area contributed by atoms with Crippen LogP contribution in [0.15, 0.2) is 78.4 Å². The molecule has 1 aliphatic carbocycles. The van der Waals surface area contributed by atoms with E-state index in [-0.39, 0.29) is 35.9 Å². The normalized spacial score (nSPS) is 15.0. The second-order valence-corrected chi connectivity index (χ2v) is 8.44. The van der Waals surface area contributed by atoms with Crippen LogP contribution >= 0.6 is 0 Å². The first-order chi connectivity index (χ1) is 16.8. The highest BCUT2D eigenvalue weighted by atomic mass is 19.3. The first-order valence-electron chi connectivity index (χ1n) is 10.9. The number of hydrogen-bond donors (Lipinski definition) is 0. The van der Waals surface area contributed by atoms with Crippen molar-refractivity contribution in [1.82, 2.24) is 19.6 Å². The molecule has 0 unspecified atom stereocenters. The maximum atomic E-state index is 14.9. The average molecular weight is 478 g/mol. The van der Waals surface area contributed by atoms with Crippen LogP contribution in [0.4, 0.5) is 13.2 Å². The van der Waals surface area contributed by atoms with Gasteiger partial charge in [-0.05, 0) is 47.4 Å². The number of benzene rings is 2. The van der Waals surface area contributed by atoms with Crippen LogP contribution in [0.2, 0.25) is 0 Å². The Morgan fingerprint density at radius 2 is 1.89 bits per heavy atom. The van der Waals surface area contributed by atoms with Crippen LogP contribution in [0.1, 0.15) is 18.4 Å². The van der Waals surface area contributed by atoms with E-state index in [1.807, 2.05) is 30.3 Å². The van der Waals surface area contributed by atoms with E-state index in [2.05, 4.69) is 16.8 Å². The average Bonchev–Trinajstić information content (AvgIpc) is 3.33. The number of ether oxygens (including phenoxy) is 1. The van der Waals surface area contributed by atoms with Gasteiger partial charge in [0.2, 0.25) is 5.92 Å². The van der Waals surface area contributed by atoms with Crippen LogP contribution in [-0.2, 0) is 0 Å². The van der Waals surface area contributed by atoms with Crippen LogP contribution in [0.3, 0.4) is 0 Å². The lowest BCUT2D eigenvalue weighted by Crippen LogP contribution is -2.35. The van der Waals surface area contributed by atoms with Gasteiger partial charge in [0.1, 0.15) is 11.5 Å². The molecule has 1 aliphatic rings. The lowest BCUT2D eigenvalue weighted by Gasteiger charge is -2.36. The van der Waals surface area contributed by atoms with Crippen LogP contribution < -0.4 is 10.2 Å². The van der Waals surface area contributed by atoms with Crippen molar-refractivity contribution in [3.63, 3.8) is 0 Å². The van der Waals surface area contributed by atoms with Gasteiger partial charge in [0.25, 0.3) is 5.43 Å². The second-order valence-electron chi connectivity index (χ2n) is 8.44. The van der Waals surface area contributed by atoms with Crippen LogP contribution in [-0.4, -0.2) is 32.6 Å². The van der Waals surface area contributed by atoms with Crippen molar-refractivity contribution in [3.05, 3.63) is 95.2 Å². The summed E-state index contributed by atoms with van der Waals surface area (Å²) < 4.78 is 49.7. The number of rotatable bonds is 6. The van der Waals surface area contributed by atoms with Crippen molar-refractivity contribution in [2.75, 3.05) is 7.11 Å². The molecule has 0 spiro atoms. The molecule has 6 nitrogen and oxygen atoms in total. The maximum Gasteiger partial charge on any atom is 0.251 e. The lowest BCUT2D eigenvalue weighted by molar-refractivity contribution is -0.0934. The number of para-hydroxylation sites is 1. The van der Waals surface area contributed by atoms with Gasteiger partial charge in [0.05, 0.1) is 30.9 Å². The minimum absolute atomic E-state index is 0.00738. The molecule has 4 aromatic rings. The zero-order valence-electron chi connectivity index (χ0n) is 18.8. The first-order valence-corrected chi connectivity index (χ1v) is 10.9. The zero-order valence-corrected chi connectivity index (χ0v) is 18.8. The third-order valence-corrected chi connectivity index (χ3v) is 6.14. The SMILES string of the molecule is C=C(c1ccc(F)c(-n2cc(OC)c(=O)c(-c3ccnn3-c3ccccc3)n2)c1)C1CC(F)(F)C1. The van der Waals surface area contributed by atoms with Gasteiger partial charge in [-0.3, -0.25) is 4.79 Å².